The van der Waals surface area contributed by atoms with Crippen molar-refractivity contribution in [3.05, 3.63) is 54.6 Å². The first-order chi connectivity index (χ1) is 14.0. The SMILES string of the molecule is CC1CC1C(=O)NCCC(=O)NNC(=O)COc1ccccc1-c1ccccc1. The second kappa shape index (κ2) is 9.73. The molecule has 7 heteroatoms. The van der Waals surface area contributed by atoms with Gasteiger partial charge in [-0.3, -0.25) is 25.2 Å². The molecular formula is C22H25N3O4. The van der Waals surface area contributed by atoms with Gasteiger partial charge in [-0.15, -0.1) is 0 Å². The van der Waals surface area contributed by atoms with Gasteiger partial charge in [0.05, 0.1) is 0 Å². The van der Waals surface area contributed by atoms with Gasteiger partial charge in [-0.2, -0.15) is 0 Å². The van der Waals surface area contributed by atoms with Crippen LogP contribution < -0.4 is 20.9 Å². The first-order valence-electron chi connectivity index (χ1n) is 9.67. The Morgan fingerprint density at radius 1 is 0.966 bits per heavy atom. The lowest BCUT2D eigenvalue weighted by Gasteiger charge is -2.12. The minimum absolute atomic E-state index is 0.0141. The molecule has 0 aliphatic heterocycles. The topological polar surface area (TPSA) is 96.5 Å². The maximum Gasteiger partial charge on any atom is 0.276 e. The number of hydrazine groups is 1. The van der Waals surface area contributed by atoms with Gasteiger partial charge in [0, 0.05) is 24.4 Å². The lowest BCUT2D eigenvalue weighted by Crippen LogP contribution is -2.44. The van der Waals surface area contributed by atoms with Crippen molar-refractivity contribution in [1.82, 2.24) is 16.2 Å². The van der Waals surface area contributed by atoms with Crippen LogP contribution in [0.5, 0.6) is 5.75 Å². The van der Waals surface area contributed by atoms with Crippen LogP contribution in [0.4, 0.5) is 0 Å². The molecule has 3 amide bonds. The highest BCUT2D eigenvalue weighted by Gasteiger charge is 2.38. The maximum absolute atomic E-state index is 12.0. The molecule has 1 saturated carbocycles. The third-order valence-corrected chi connectivity index (χ3v) is 4.77. The number of carbonyl (C=O) groups is 3. The molecule has 3 N–H and O–H groups in total. The Kier molecular flexibility index (Phi) is 6.84. The minimum Gasteiger partial charge on any atom is -0.483 e. The first-order valence-corrected chi connectivity index (χ1v) is 9.67. The predicted octanol–water partition coefficient (Wildman–Crippen LogP) is 2.04. The summed E-state index contributed by atoms with van der Waals surface area (Å²) in [6, 6.07) is 17.2. The van der Waals surface area contributed by atoms with Gasteiger partial charge in [0.15, 0.2) is 6.61 Å². The zero-order valence-corrected chi connectivity index (χ0v) is 16.3. The van der Waals surface area contributed by atoms with Crippen molar-refractivity contribution >= 4 is 17.7 Å². The van der Waals surface area contributed by atoms with Gasteiger partial charge >= 0.3 is 0 Å². The lowest BCUT2D eigenvalue weighted by atomic mass is 10.1. The van der Waals surface area contributed by atoms with Crippen LogP contribution in [0.1, 0.15) is 19.8 Å². The first kappa shape index (κ1) is 20.4. The van der Waals surface area contributed by atoms with E-state index in [1.54, 1.807) is 6.07 Å². The van der Waals surface area contributed by atoms with Gasteiger partial charge < -0.3 is 10.1 Å². The van der Waals surface area contributed by atoms with Crippen LogP contribution in [0.15, 0.2) is 54.6 Å². The monoisotopic (exact) mass is 395 g/mol. The van der Waals surface area contributed by atoms with Crippen molar-refractivity contribution in [3.63, 3.8) is 0 Å². The van der Waals surface area contributed by atoms with Gasteiger partial charge in [0.1, 0.15) is 5.75 Å². The zero-order chi connectivity index (χ0) is 20.6. The fourth-order valence-corrected chi connectivity index (χ4v) is 2.95. The van der Waals surface area contributed by atoms with E-state index >= 15 is 0 Å². The average molecular weight is 395 g/mol. The molecule has 3 rings (SSSR count). The summed E-state index contributed by atoms with van der Waals surface area (Å²) in [5.74, 6) is 0.213. The van der Waals surface area contributed by atoms with Crippen molar-refractivity contribution in [1.29, 1.82) is 0 Å². The molecule has 0 saturated heterocycles. The largest absolute Gasteiger partial charge is 0.483 e. The maximum atomic E-state index is 12.0. The van der Waals surface area contributed by atoms with Crippen molar-refractivity contribution in [2.75, 3.05) is 13.2 Å². The summed E-state index contributed by atoms with van der Waals surface area (Å²) in [7, 11) is 0. The van der Waals surface area contributed by atoms with E-state index in [2.05, 4.69) is 16.2 Å². The number of benzene rings is 2. The number of nitrogens with one attached hydrogen (secondary N) is 3. The lowest BCUT2D eigenvalue weighted by molar-refractivity contribution is -0.130. The Labute approximate surface area is 169 Å². The van der Waals surface area contributed by atoms with E-state index in [0.29, 0.717) is 11.7 Å². The fourth-order valence-electron chi connectivity index (χ4n) is 2.95. The Balaban J connectivity index is 1.38. The highest BCUT2D eigenvalue weighted by atomic mass is 16.5. The van der Waals surface area contributed by atoms with E-state index in [1.807, 2.05) is 55.5 Å². The number of ether oxygens (including phenoxy) is 1. The molecule has 0 spiro atoms. The molecule has 1 fully saturated rings. The molecule has 1 aliphatic rings. The predicted molar refractivity (Wildman–Crippen MR) is 109 cm³/mol. The molecular weight excluding hydrogens is 370 g/mol. The van der Waals surface area contributed by atoms with E-state index in [0.717, 1.165) is 17.5 Å². The number of rotatable bonds is 8. The molecule has 2 aromatic carbocycles. The molecule has 2 atom stereocenters. The number of hydrogen-bond donors (Lipinski definition) is 3. The summed E-state index contributed by atoms with van der Waals surface area (Å²) in [6.07, 6.45) is 0.992. The van der Waals surface area contributed by atoms with Crippen molar-refractivity contribution in [3.8, 4) is 16.9 Å². The smallest absolute Gasteiger partial charge is 0.276 e. The third-order valence-electron chi connectivity index (χ3n) is 4.77. The molecule has 2 unspecified atom stereocenters. The molecule has 0 aromatic heterocycles. The molecule has 0 heterocycles. The van der Waals surface area contributed by atoms with Crippen LogP contribution in [0.25, 0.3) is 11.1 Å². The van der Waals surface area contributed by atoms with Gasteiger partial charge in [0.2, 0.25) is 11.8 Å². The van der Waals surface area contributed by atoms with Crippen LogP contribution in [0, 0.1) is 11.8 Å². The normalized spacial score (nSPS) is 17.1. The number of amides is 3. The van der Waals surface area contributed by atoms with Gasteiger partial charge in [-0.25, -0.2) is 0 Å². The van der Waals surface area contributed by atoms with E-state index < -0.39 is 5.91 Å². The van der Waals surface area contributed by atoms with Gasteiger partial charge in [-0.05, 0) is 24.0 Å². The van der Waals surface area contributed by atoms with Crippen LogP contribution in [0.2, 0.25) is 0 Å². The molecule has 152 valence electrons. The molecule has 29 heavy (non-hydrogen) atoms. The van der Waals surface area contributed by atoms with Gasteiger partial charge in [0.25, 0.3) is 5.91 Å². The summed E-state index contributed by atoms with van der Waals surface area (Å²) in [5, 5.41) is 2.72. The minimum atomic E-state index is -0.475. The highest BCUT2D eigenvalue weighted by Crippen LogP contribution is 2.37. The Hall–Kier alpha value is -3.35. The Bertz CT molecular complexity index is 869. The fraction of sp³-hybridized carbons (Fsp3) is 0.318. The van der Waals surface area contributed by atoms with Gasteiger partial charge in [-0.1, -0.05) is 55.5 Å². The number of carbonyl (C=O) groups excluding carboxylic acids is 3. The molecule has 0 bridgehead atoms. The second-order valence-corrected chi connectivity index (χ2v) is 7.11. The zero-order valence-electron chi connectivity index (χ0n) is 16.3. The third kappa shape index (κ3) is 6.07. The van der Waals surface area contributed by atoms with E-state index in [1.165, 1.54) is 0 Å². The van der Waals surface area contributed by atoms with E-state index in [-0.39, 0.29) is 37.3 Å². The molecule has 1 aliphatic carbocycles. The van der Waals surface area contributed by atoms with Crippen molar-refractivity contribution in [2.24, 2.45) is 11.8 Å². The standard InChI is InChI=1S/C22H25N3O4/c1-15-13-18(15)22(28)23-12-11-20(26)24-25-21(27)14-29-19-10-6-5-9-17(19)16-7-3-2-4-8-16/h2-10,15,18H,11-14H2,1H3,(H,23,28)(H,24,26)(H,25,27). The van der Waals surface area contributed by atoms with Crippen LogP contribution >= 0.6 is 0 Å². The summed E-state index contributed by atoms with van der Waals surface area (Å²) in [4.78, 5) is 35.4. The highest BCUT2D eigenvalue weighted by molar-refractivity contribution is 5.84. The molecule has 2 aromatic rings. The molecule has 0 radical (unpaired) electrons. The molecule has 7 nitrogen and oxygen atoms in total. The van der Waals surface area contributed by atoms with Crippen LogP contribution in [-0.4, -0.2) is 30.9 Å². The summed E-state index contributed by atoms with van der Waals surface area (Å²) in [6.45, 7) is 2.03. The number of hydrogen-bond acceptors (Lipinski definition) is 4. The van der Waals surface area contributed by atoms with Crippen molar-refractivity contribution < 1.29 is 19.1 Å². The summed E-state index contributed by atoms with van der Waals surface area (Å²) in [5.41, 5.74) is 6.50. The van der Waals surface area contributed by atoms with E-state index in [9.17, 15) is 14.4 Å². The van der Waals surface area contributed by atoms with E-state index in [4.69, 9.17) is 4.74 Å². The number of para-hydroxylation sites is 1. The quantitative estimate of drug-likeness (QED) is 0.596. The van der Waals surface area contributed by atoms with Crippen LogP contribution in [0.3, 0.4) is 0 Å². The second-order valence-electron chi connectivity index (χ2n) is 7.11. The Morgan fingerprint density at radius 2 is 1.62 bits per heavy atom. The summed E-state index contributed by atoms with van der Waals surface area (Å²) < 4.78 is 5.62. The Morgan fingerprint density at radius 3 is 2.34 bits per heavy atom. The van der Waals surface area contributed by atoms with Crippen molar-refractivity contribution in [2.45, 2.75) is 19.8 Å². The summed E-state index contributed by atoms with van der Waals surface area (Å²) >= 11 is 0. The van der Waals surface area contributed by atoms with Crippen LogP contribution in [-0.2, 0) is 14.4 Å². The average Bonchev–Trinajstić information content (AvgIpc) is 3.48.